The molecular formula is C16H25NO. The van der Waals surface area contributed by atoms with Crippen LogP contribution in [-0.2, 0) is 10.2 Å². The van der Waals surface area contributed by atoms with Gasteiger partial charge in [-0.2, -0.15) is 0 Å². The van der Waals surface area contributed by atoms with Gasteiger partial charge in [0, 0.05) is 31.2 Å². The summed E-state index contributed by atoms with van der Waals surface area (Å²) < 4.78 is 5.50. The van der Waals surface area contributed by atoms with Gasteiger partial charge in [0.25, 0.3) is 0 Å². The Bertz CT molecular complexity index is 339. The highest BCUT2D eigenvalue weighted by Gasteiger charge is 2.22. The summed E-state index contributed by atoms with van der Waals surface area (Å²) in [5.74, 6) is 0. The first-order valence-electron chi connectivity index (χ1n) is 7.05. The van der Waals surface area contributed by atoms with Crippen molar-refractivity contribution in [1.29, 1.82) is 0 Å². The first-order chi connectivity index (χ1) is 8.68. The van der Waals surface area contributed by atoms with Gasteiger partial charge in [0.2, 0.25) is 0 Å². The smallest absolute Gasteiger partial charge is 0.0480 e. The highest BCUT2D eigenvalue weighted by Crippen LogP contribution is 2.22. The minimum absolute atomic E-state index is 0.189. The number of nitrogens with one attached hydrogen (secondary N) is 1. The van der Waals surface area contributed by atoms with E-state index in [0.29, 0.717) is 6.04 Å². The molecular weight excluding hydrogens is 222 g/mol. The van der Waals surface area contributed by atoms with E-state index in [0.717, 1.165) is 26.2 Å². The van der Waals surface area contributed by atoms with Gasteiger partial charge in [-0.1, -0.05) is 44.2 Å². The van der Waals surface area contributed by atoms with Crippen molar-refractivity contribution in [3.8, 4) is 0 Å². The van der Waals surface area contributed by atoms with Crippen LogP contribution in [0.15, 0.2) is 30.3 Å². The molecule has 1 aromatic rings. The van der Waals surface area contributed by atoms with Gasteiger partial charge < -0.3 is 10.1 Å². The highest BCUT2D eigenvalue weighted by molar-refractivity contribution is 5.23. The lowest BCUT2D eigenvalue weighted by Gasteiger charge is -2.28. The maximum Gasteiger partial charge on any atom is 0.0480 e. The summed E-state index contributed by atoms with van der Waals surface area (Å²) in [7, 11) is 0. The van der Waals surface area contributed by atoms with Gasteiger partial charge in [-0.15, -0.1) is 0 Å². The van der Waals surface area contributed by atoms with Crippen LogP contribution < -0.4 is 5.32 Å². The topological polar surface area (TPSA) is 21.3 Å². The number of hydrogen-bond acceptors (Lipinski definition) is 2. The highest BCUT2D eigenvalue weighted by atomic mass is 16.5. The summed E-state index contributed by atoms with van der Waals surface area (Å²) >= 11 is 0. The third kappa shape index (κ3) is 3.82. The molecule has 1 fully saturated rings. The van der Waals surface area contributed by atoms with Crippen molar-refractivity contribution >= 4 is 0 Å². The van der Waals surface area contributed by atoms with Crippen molar-refractivity contribution in [2.45, 2.75) is 44.6 Å². The molecule has 1 unspecified atom stereocenters. The second-order valence-corrected chi connectivity index (χ2v) is 5.87. The molecule has 1 aliphatic rings. The molecule has 1 atom stereocenters. The van der Waals surface area contributed by atoms with Gasteiger partial charge in [-0.25, -0.2) is 0 Å². The second-order valence-electron chi connectivity index (χ2n) is 5.87. The molecule has 1 aromatic carbocycles. The zero-order valence-corrected chi connectivity index (χ0v) is 11.6. The standard InChI is InChI=1S/C16H25NO/c1-16(2,14-7-4-3-5-8-14)13-17-15-9-6-11-18-12-10-15/h3-5,7-8,15,17H,6,9-13H2,1-2H3. The lowest BCUT2D eigenvalue weighted by molar-refractivity contribution is 0.142. The van der Waals surface area contributed by atoms with Crippen LogP contribution in [0, 0.1) is 0 Å². The molecule has 2 rings (SSSR count). The minimum Gasteiger partial charge on any atom is -0.381 e. The maximum atomic E-state index is 5.50. The van der Waals surface area contributed by atoms with E-state index in [1.165, 1.54) is 18.4 Å². The molecule has 1 aliphatic heterocycles. The van der Waals surface area contributed by atoms with Gasteiger partial charge in [-0.3, -0.25) is 0 Å². The molecule has 0 bridgehead atoms. The molecule has 100 valence electrons. The average molecular weight is 247 g/mol. The van der Waals surface area contributed by atoms with Crippen LogP contribution in [-0.4, -0.2) is 25.8 Å². The summed E-state index contributed by atoms with van der Waals surface area (Å²) in [5.41, 5.74) is 1.59. The average Bonchev–Trinajstić information content (AvgIpc) is 2.66. The second kappa shape index (κ2) is 6.35. The molecule has 0 spiro atoms. The Morgan fingerprint density at radius 1 is 1.17 bits per heavy atom. The molecule has 1 N–H and O–H groups in total. The summed E-state index contributed by atoms with van der Waals surface area (Å²) in [5, 5.41) is 3.72. The van der Waals surface area contributed by atoms with Crippen LogP contribution in [0.3, 0.4) is 0 Å². The van der Waals surface area contributed by atoms with Gasteiger partial charge in [0.1, 0.15) is 0 Å². The predicted octanol–water partition coefficient (Wildman–Crippen LogP) is 3.12. The Hall–Kier alpha value is -0.860. The first kappa shape index (κ1) is 13.6. The Morgan fingerprint density at radius 3 is 2.72 bits per heavy atom. The van der Waals surface area contributed by atoms with Crippen molar-refractivity contribution < 1.29 is 4.74 Å². The third-order valence-corrected chi connectivity index (χ3v) is 3.84. The SMILES string of the molecule is CC(C)(CNC1CCCOCC1)c1ccccc1. The molecule has 1 saturated heterocycles. The largest absolute Gasteiger partial charge is 0.381 e. The lowest BCUT2D eigenvalue weighted by atomic mass is 9.84. The van der Waals surface area contributed by atoms with Gasteiger partial charge in [0.15, 0.2) is 0 Å². The molecule has 2 heteroatoms. The Kier molecular flexibility index (Phi) is 4.79. The summed E-state index contributed by atoms with van der Waals surface area (Å²) in [6, 6.07) is 11.4. The van der Waals surface area contributed by atoms with Crippen LogP contribution in [0.2, 0.25) is 0 Å². The summed E-state index contributed by atoms with van der Waals surface area (Å²) in [6.45, 7) is 7.48. The van der Waals surface area contributed by atoms with Crippen LogP contribution in [0.4, 0.5) is 0 Å². The minimum atomic E-state index is 0.189. The molecule has 2 nitrogen and oxygen atoms in total. The number of benzene rings is 1. The van der Waals surface area contributed by atoms with Crippen LogP contribution >= 0.6 is 0 Å². The Balaban J connectivity index is 1.88. The molecule has 1 heterocycles. The van der Waals surface area contributed by atoms with Gasteiger partial charge >= 0.3 is 0 Å². The van der Waals surface area contributed by atoms with E-state index < -0.39 is 0 Å². The number of hydrogen-bond donors (Lipinski definition) is 1. The van der Waals surface area contributed by atoms with Gasteiger partial charge in [-0.05, 0) is 24.8 Å². The predicted molar refractivity (Wildman–Crippen MR) is 75.9 cm³/mol. The quantitative estimate of drug-likeness (QED) is 0.882. The van der Waals surface area contributed by atoms with Crippen LogP contribution in [0.1, 0.15) is 38.7 Å². The third-order valence-electron chi connectivity index (χ3n) is 3.84. The molecule has 0 radical (unpaired) electrons. The Labute approximate surface area is 111 Å². The molecule has 18 heavy (non-hydrogen) atoms. The van der Waals surface area contributed by atoms with E-state index in [2.05, 4.69) is 49.5 Å². The van der Waals surface area contributed by atoms with Crippen molar-refractivity contribution in [2.75, 3.05) is 19.8 Å². The fraction of sp³-hybridized carbons (Fsp3) is 0.625. The zero-order valence-electron chi connectivity index (χ0n) is 11.6. The number of rotatable bonds is 4. The van der Waals surface area contributed by atoms with Crippen LogP contribution in [0.25, 0.3) is 0 Å². The number of ether oxygens (including phenoxy) is 1. The van der Waals surface area contributed by atoms with Crippen molar-refractivity contribution in [2.24, 2.45) is 0 Å². The van der Waals surface area contributed by atoms with Crippen molar-refractivity contribution in [1.82, 2.24) is 5.32 Å². The van der Waals surface area contributed by atoms with Gasteiger partial charge in [0.05, 0.1) is 0 Å². The molecule has 0 saturated carbocycles. The van der Waals surface area contributed by atoms with E-state index in [-0.39, 0.29) is 5.41 Å². The van der Waals surface area contributed by atoms with Crippen molar-refractivity contribution in [3.05, 3.63) is 35.9 Å². The summed E-state index contributed by atoms with van der Waals surface area (Å²) in [6.07, 6.45) is 3.57. The van der Waals surface area contributed by atoms with Crippen LogP contribution in [0.5, 0.6) is 0 Å². The lowest BCUT2D eigenvalue weighted by Crippen LogP contribution is -2.39. The molecule has 0 aliphatic carbocycles. The fourth-order valence-corrected chi connectivity index (χ4v) is 2.50. The van der Waals surface area contributed by atoms with E-state index in [4.69, 9.17) is 4.74 Å². The molecule has 0 amide bonds. The monoisotopic (exact) mass is 247 g/mol. The summed E-state index contributed by atoms with van der Waals surface area (Å²) in [4.78, 5) is 0. The van der Waals surface area contributed by atoms with E-state index in [9.17, 15) is 0 Å². The molecule has 0 aromatic heterocycles. The van der Waals surface area contributed by atoms with E-state index in [1.54, 1.807) is 0 Å². The van der Waals surface area contributed by atoms with E-state index in [1.807, 2.05) is 0 Å². The van der Waals surface area contributed by atoms with E-state index >= 15 is 0 Å². The maximum absolute atomic E-state index is 5.50. The van der Waals surface area contributed by atoms with Crippen molar-refractivity contribution in [3.63, 3.8) is 0 Å². The fourth-order valence-electron chi connectivity index (χ4n) is 2.50. The zero-order chi connectivity index (χ0) is 12.8. The Morgan fingerprint density at radius 2 is 1.94 bits per heavy atom. The normalized spacial score (nSPS) is 21.6. The first-order valence-corrected chi connectivity index (χ1v) is 7.05.